The number of carbonyl (C=O) groups is 2. The highest BCUT2D eigenvalue weighted by Gasteiger charge is 2.23. The molecule has 0 aliphatic carbocycles. The van der Waals surface area contributed by atoms with Gasteiger partial charge in [-0.1, -0.05) is 24.3 Å². The third-order valence-electron chi connectivity index (χ3n) is 4.19. The van der Waals surface area contributed by atoms with E-state index in [1.807, 2.05) is 12.1 Å². The van der Waals surface area contributed by atoms with E-state index >= 15 is 0 Å². The van der Waals surface area contributed by atoms with Gasteiger partial charge in [0.15, 0.2) is 0 Å². The first-order valence-electron chi connectivity index (χ1n) is 8.08. The molecular weight excluding hydrogens is 363 g/mol. The molecule has 1 saturated heterocycles. The largest absolute Gasteiger partial charge is 0.369 e. The normalized spacial score (nSPS) is 18.4. The molecule has 1 unspecified atom stereocenters. The lowest BCUT2D eigenvalue weighted by molar-refractivity contribution is -0.123. The number of piperidine rings is 1. The molecule has 1 aliphatic heterocycles. The fourth-order valence-corrected chi connectivity index (χ4v) is 2.88. The molecule has 1 fully saturated rings. The Morgan fingerprint density at radius 2 is 2.00 bits per heavy atom. The van der Waals surface area contributed by atoms with Crippen LogP contribution in [0, 0.1) is 5.92 Å². The SMILES string of the molecule is C[C@@H](N)C(=O)NCc1cccc(CN2CCCC(C(N)=O)C2)c1.Cl.Cl. The van der Waals surface area contributed by atoms with Crippen LogP contribution in [0.4, 0.5) is 0 Å². The Bertz CT molecular complexity index is 569. The lowest BCUT2D eigenvalue weighted by Crippen LogP contribution is -2.40. The second-order valence-corrected chi connectivity index (χ2v) is 6.30. The molecule has 0 spiro atoms. The zero-order chi connectivity index (χ0) is 16.8. The maximum absolute atomic E-state index is 11.5. The van der Waals surface area contributed by atoms with Gasteiger partial charge in [-0.25, -0.2) is 0 Å². The van der Waals surface area contributed by atoms with Crippen molar-refractivity contribution in [2.24, 2.45) is 17.4 Å². The van der Waals surface area contributed by atoms with E-state index in [2.05, 4.69) is 22.3 Å². The highest BCUT2D eigenvalue weighted by atomic mass is 35.5. The Morgan fingerprint density at radius 3 is 2.64 bits per heavy atom. The minimum absolute atomic E-state index is 0. The molecule has 6 nitrogen and oxygen atoms in total. The topological polar surface area (TPSA) is 101 Å². The van der Waals surface area contributed by atoms with Gasteiger partial charge >= 0.3 is 0 Å². The van der Waals surface area contributed by atoms with Crippen molar-refractivity contribution in [2.75, 3.05) is 13.1 Å². The van der Waals surface area contributed by atoms with Crippen LogP contribution >= 0.6 is 24.8 Å². The van der Waals surface area contributed by atoms with Gasteiger partial charge in [0.05, 0.1) is 12.0 Å². The van der Waals surface area contributed by atoms with Crippen molar-refractivity contribution in [3.8, 4) is 0 Å². The number of amides is 2. The first-order chi connectivity index (χ1) is 11.0. The van der Waals surface area contributed by atoms with Crippen molar-refractivity contribution in [3.05, 3.63) is 35.4 Å². The first kappa shape index (κ1) is 23.7. The fraction of sp³-hybridized carbons (Fsp3) is 0.529. The number of benzene rings is 1. The van der Waals surface area contributed by atoms with Crippen LogP contribution in [0.2, 0.25) is 0 Å². The van der Waals surface area contributed by atoms with E-state index in [9.17, 15) is 9.59 Å². The molecule has 0 aromatic heterocycles. The van der Waals surface area contributed by atoms with Gasteiger partial charge in [-0.15, -0.1) is 24.8 Å². The third-order valence-corrected chi connectivity index (χ3v) is 4.19. The molecule has 5 N–H and O–H groups in total. The molecule has 1 aromatic rings. The lowest BCUT2D eigenvalue weighted by atomic mass is 9.97. The number of primary amides is 1. The summed E-state index contributed by atoms with van der Waals surface area (Å²) in [5.41, 5.74) is 13.2. The smallest absolute Gasteiger partial charge is 0.236 e. The molecule has 0 saturated carbocycles. The fourth-order valence-electron chi connectivity index (χ4n) is 2.88. The summed E-state index contributed by atoms with van der Waals surface area (Å²) in [4.78, 5) is 25.1. The molecular formula is C17H28Cl2N4O2. The minimum atomic E-state index is -0.503. The Kier molecular flexibility index (Phi) is 10.7. The van der Waals surface area contributed by atoms with Gasteiger partial charge in [-0.05, 0) is 37.4 Å². The lowest BCUT2D eigenvalue weighted by Gasteiger charge is -2.31. The van der Waals surface area contributed by atoms with Crippen molar-refractivity contribution < 1.29 is 9.59 Å². The number of hydrogen-bond donors (Lipinski definition) is 3. The Hall–Kier alpha value is -1.34. The Balaban J connectivity index is 0.00000288. The van der Waals surface area contributed by atoms with E-state index in [-0.39, 0.29) is 42.5 Å². The predicted molar refractivity (Wildman–Crippen MR) is 104 cm³/mol. The van der Waals surface area contributed by atoms with Crippen LogP contribution in [0.5, 0.6) is 0 Å². The van der Waals surface area contributed by atoms with Gasteiger partial charge in [-0.2, -0.15) is 0 Å². The first-order valence-corrected chi connectivity index (χ1v) is 8.08. The Labute approximate surface area is 161 Å². The van der Waals surface area contributed by atoms with Crippen LogP contribution in [0.25, 0.3) is 0 Å². The van der Waals surface area contributed by atoms with Crippen LogP contribution in [0.15, 0.2) is 24.3 Å². The maximum Gasteiger partial charge on any atom is 0.236 e. The van der Waals surface area contributed by atoms with Crippen LogP contribution < -0.4 is 16.8 Å². The minimum Gasteiger partial charge on any atom is -0.369 e. The summed E-state index contributed by atoms with van der Waals surface area (Å²) in [6.45, 7) is 4.63. The van der Waals surface area contributed by atoms with Gasteiger partial charge in [0.2, 0.25) is 11.8 Å². The van der Waals surface area contributed by atoms with Crippen molar-refractivity contribution in [1.82, 2.24) is 10.2 Å². The standard InChI is InChI=1S/C17H26N4O2.2ClH/c1-12(18)17(23)20-9-13-4-2-5-14(8-13)10-21-7-3-6-15(11-21)16(19)22;;/h2,4-5,8,12,15H,3,6-7,9-11,18H2,1H3,(H2,19,22)(H,20,23);2*1H/t12-,15?;;/m1../s1. The van der Waals surface area contributed by atoms with Crippen LogP contribution in [-0.4, -0.2) is 35.8 Å². The predicted octanol–water partition coefficient (Wildman–Crippen LogP) is 1.19. The van der Waals surface area contributed by atoms with Crippen molar-refractivity contribution >= 4 is 36.6 Å². The highest BCUT2D eigenvalue weighted by molar-refractivity contribution is 5.85. The van der Waals surface area contributed by atoms with E-state index in [1.54, 1.807) is 6.92 Å². The summed E-state index contributed by atoms with van der Waals surface area (Å²) in [7, 11) is 0. The van der Waals surface area contributed by atoms with Gasteiger partial charge in [0, 0.05) is 19.6 Å². The van der Waals surface area contributed by atoms with Crippen molar-refractivity contribution in [2.45, 2.75) is 38.9 Å². The van der Waals surface area contributed by atoms with Gasteiger partial charge in [0.1, 0.15) is 0 Å². The zero-order valence-electron chi connectivity index (χ0n) is 14.4. The summed E-state index contributed by atoms with van der Waals surface area (Å²) >= 11 is 0. The monoisotopic (exact) mass is 390 g/mol. The quantitative estimate of drug-likeness (QED) is 0.678. The molecule has 2 rings (SSSR count). The molecule has 142 valence electrons. The summed E-state index contributed by atoms with van der Waals surface area (Å²) < 4.78 is 0. The third kappa shape index (κ3) is 7.61. The molecule has 0 radical (unpaired) electrons. The van der Waals surface area contributed by atoms with Gasteiger partial charge in [-0.3, -0.25) is 14.5 Å². The number of hydrogen-bond acceptors (Lipinski definition) is 4. The number of halogens is 2. The number of nitrogens with one attached hydrogen (secondary N) is 1. The summed E-state index contributed by atoms with van der Waals surface area (Å²) in [5, 5.41) is 2.81. The van der Waals surface area contributed by atoms with Crippen molar-refractivity contribution in [3.63, 3.8) is 0 Å². The Morgan fingerprint density at radius 1 is 1.32 bits per heavy atom. The van der Waals surface area contributed by atoms with E-state index < -0.39 is 6.04 Å². The van der Waals surface area contributed by atoms with E-state index in [0.717, 1.165) is 38.0 Å². The zero-order valence-corrected chi connectivity index (χ0v) is 16.1. The number of rotatable bonds is 6. The molecule has 25 heavy (non-hydrogen) atoms. The number of nitrogens with two attached hydrogens (primary N) is 2. The van der Waals surface area contributed by atoms with Crippen LogP contribution in [0.3, 0.4) is 0 Å². The average Bonchev–Trinajstić information content (AvgIpc) is 2.53. The van der Waals surface area contributed by atoms with Crippen LogP contribution in [0.1, 0.15) is 30.9 Å². The molecule has 8 heteroatoms. The number of nitrogens with zero attached hydrogens (tertiary/aromatic N) is 1. The summed E-state index contributed by atoms with van der Waals surface area (Å²) in [6.07, 6.45) is 1.88. The second kappa shape index (κ2) is 11.3. The molecule has 1 heterocycles. The van der Waals surface area contributed by atoms with Gasteiger partial charge in [0.25, 0.3) is 0 Å². The second-order valence-electron chi connectivity index (χ2n) is 6.30. The summed E-state index contributed by atoms with van der Waals surface area (Å²) in [5.74, 6) is -0.407. The number of likely N-dealkylation sites (tertiary alicyclic amines) is 1. The molecule has 2 atom stereocenters. The molecule has 1 aromatic carbocycles. The van der Waals surface area contributed by atoms with E-state index in [4.69, 9.17) is 11.5 Å². The number of carbonyl (C=O) groups excluding carboxylic acids is 2. The molecule has 1 aliphatic rings. The highest BCUT2D eigenvalue weighted by Crippen LogP contribution is 2.18. The van der Waals surface area contributed by atoms with Crippen LogP contribution in [-0.2, 0) is 22.7 Å². The molecule has 2 amide bonds. The van der Waals surface area contributed by atoms with E-state index in [0.29, 0.717) is 6.54 Å². The average molecular weight is 391 g/mol. The van der Waals surface area contributed by atoms with Gasteiger partial charge < -0.3 is 16.8 Å². The summed E-state index contributed by atoms with van der Waals surface area (Å²) in [6, 6.07) is 7.60. The maximum atomic E-state index is 11.5. The van der Waals surface area contributed by atoms with E-state index in [1.165, 1.54) is 5.56 Å². The molecule has 0 bridgehead atoms. The van der Waals surface area contributed by atoms with Crippen molar-refractivity contribution in [1.29, 1.82) is 0 Å².